The second-order valence-electron chi connectivity index (χ2n) is 8.02. The molecule has 1 aliphatic rings. The first-order valence-corrected chi connectivity index (χ1v) is 11.5. The van der Waals surface area contributed by atoms with Gasteiger partial charge in [0.2, 0.25) is 0 Å². The zero-order valence-electron chi connectivity index (χ0n) is 18.4. The molecule has 0 bridgehead atoms. The van der Waals surface area contributed by atoms with Crippen molar-refractivity contribution in [2.75, 3.05) is 13.2 Å². The molecule has 31 heavy (non-hydrogen) atoms. The number of rotatable bonds is 6. The number of likely N-dealkylation sites (tertiary alicyclic amines) is 1. The highest BCUT2D eigenvalue weighted by molar-refractivity contribution is 6.30. The van der Waals surface area contributed by atoms with Gasteiger partial charge >= 0.3 is 0 Å². The molecule has 1 atom stereocenters. The lowest BCUT2D eigenvalue weighted by Gasteiger charge is -2.35. The van der Waals surface area contributed by atoms with Crippen molar-refractivity contribution in [2.24, 2.45) is 0 Å². The third-order valence-corrected chi connectivity index (χ3v) is 6.35. The number of halogens is 1. The minimum absolute atomic E-state index is 0.0329. The highest BCUT2D eigenvalue weighted by atomic mass is 35.5. The zero-order chi connectivity index (χ0) is 22.0. The molecule has 0 spiro atoms. The van der Waals surface area contributed by atoms with E-state index in [0.717, 1.165) is 48.3 Å². The van der Waals surface area contributed by atoms with Crippen molar-refractivity contribution < 1.29 is 9.53 Å². The molecule has 0 saturated carbocycles. The molecule has 3 aromatic rings. The lowest BCUT2D eigenvalue weighted by atomic mass is 9.97. The number of ether oxygens (including phenoxy) is 1. The lowest BCUT2D eigenvalue weighted by Crippen LogP contribution is -2.45. The first-order valence-electron chi connectivity index (χ1n) is 11.1. The molecule has 0 radical (unpaired) electrons. The van der Waals surface area contributed by atoms with E-state index in [9.17, 15) is 4.79 Å². The van der Waals surface area contributed by atoms with Crippen LogP contribution in [0.2, 0.25) is 5.15 Å². The van der Waals surface area contributed by atoms with Crippen molar-refractivity contribution in [3.05, 3.63) is 58.3 Å². The summed E-state index contributed by atoms with van der Waals surface area (Å²) in [5.74, 6) is 0.481. The minimum Gasteiger partial charge on any atom is -0.491 e. The maximum atomic E-state index is 13.6. The van der Waals surface area contributed by atoms with Crippen LogP contribution in [-0.2, 0) is 12.8 Å². The predicted octanol–water partition coefficient (Wildman–Crippen LogP) is 4.89. The van der Waals surface area contributed by atoms with Crippen LogP contribution in [0.25, 0.3) is 5.65 Å². The Bertz CT molecular complexity index is 1090. The molecular formula is C24H29ClN4O2. The number of aryl methyl sites for hydroxylation is 2. The molecule has 4 rings (SSSR count). The lowest BCUT2D eigenvalue weighted by molar-refractivity contribution is 0.0601. The van der Waals surface area contributed by atoms with Gasteiger partial charge in [0, 0.05) is 30.9 Å². The summed E-state index contributed by atoms with van der Waals surface area (Å²) in [7, 11) is 0. The van der Waals surface area contributed by atoms with Gasteiger partial charge in [-0.2, -0.15) is 0 Å². The van der Waals surface area contributed by atoms with Crippen LogP contribution in [0, 0.1) is 6.92 Å². The summed E-state index contributed by atoms with van der Waals surface area (Å²) in [5.41, 5.74) is 4.08. The third kappa shape index (κ3) is 4.26. The minimum atomic E-state index is -0.0699. The van der Waals surface area contributed by atoms with Crippen molar-refractivity contribution in [2.45, 2.75) is 58.9 Å². The van der Waals surface area contributed by atoms with E-state index in [2.05, 4.69) is 4.98 Å². The normalized spacial score (nSPS) is 16.6. The first kappa shape index (κ1) is 21.6. The first-order chi connectivity index (χ1) is 15.0. The summed E-state index contributed by atoms with van der Waals surface area (Å²) < 4.78 is 7.64. The van der Waals surface area contributed by atoms with E-state index in [4.69, 9.17) is 21.3 Å². The zero-order valence-corrected chi connectivity index (χ0v) is 19.2. The number of imidazole rings is 1. The van der Waals surface area contributed by atoms with E-state index in [0.29, 0.717) is 36.2 Å². The second-order valence-corrected chi connectivity index (χ2v) is 8.38. The molecule has 0 aromatic carbocycles. The summed E-state index contributed by atoms with van der Waals surface area (Å²) in [6.45, 7) is 7.18. The van der Waals surface area contributed by atoms with Crippen LogP contribution in [-0.4, -0.2) is 44.4 Å². The van der Waals surface area contributed by atoms with Gasteiger partial charge in [0.25, 0.3) is 5.91 Å². The fraction of sp³-hybridized carbons (Fsp3) is 0.458. The molecule has 1 unspecified atom stereocenters. The Morgan fingerprint density at radius 2 is 2.06 bits per heavy atom. The third-order valence-electron chi connectivity index (χ3n) is 5.95. The predicted molar refractivity (Wildman–Crippen MR) is 122 cm³/mol. The SMILES string of the molecule is CCOc1ccc(CC)nc1C(=O)N1CCCCC1Cc1nc2c(C)cccn2c1Cl. The molecular weight excluding hydrogens is 412 g/mol. The number of fused-ring (bicyclic) bond motifs is 1. The van der Waals surface area contributed by atoms with Crippen LogP contribution >= 0.6 is 11.6 Å². The summed E-state index contributed by atoms with van der Waals surface area (Å²) in [5, 5.41) is 0.623. The monoisotopic (exact) mass is 440 g/mol. The standard InChI is InChI=1S/C24H29ClN4O2/c1-4-17-11-12-20(31-5-2)21(26-17)24(30)28-13-7-6-10-18(28)15-19-22(25)29-14-8-9-16(3)23(29)27-19/h8-9,11-12,14,18H,4-7,10,13,15H2,1-3H3. The topological polar surface area (TPSA) is 59.7 Å². The number of pyridine rings is 2. The average Bonchev–Trinajstić information content (AvgIpc) is 3.11. The maximum absolute atomic E-state index is 13.6. The number of hydrogen-bond donors (Lipinski definition) is 0. The summed E-state index contributed by atoms with van der Waals surface area (Å²) >= 11 is 6.66. The summed E-state index contributed by atoms with van der Waals surface area (Å²) in [6.07, 6.45) is 6.32. The Labute approximate surface area is 188 Å². The van der Waals surface area contributed by atoms with Gasteiger partial charge in [-0.25, -0.2) is 9.97 Å². The van der Waals surface area contributed by atoms with Gasteiger partial charge in [0.05, 0.1) is 12.3 Å². The van der Waals surface area contributed by atoms with Crippen molar-refractivity contribution in [1.82, 2.24) is 19.3 Å². The van der Waals surface area contributed by atoms with E-state index in [-0.39, 0.29) is 11.9 Å². The van der Waals surface area contributed by atoms with Crippen molar-refractivity contribution >= 4 is 23.2 Å². The van der Waals surface area contributed by atoms with E-state index < -0.39 is 0 Å². The van der Waals surface area contributed by atoms with Crippen molar-refractivity contribution in [3.63, 3.8) is 0 Å². The fourth-order valence-corrected chi connectivity index (χ4v) is 4.56. The summed E-state index contributed by atoms with van der Waals surface area (Å²) in [4.78, 5) is 25.0. The van der Waals surface area contributed by atoms with Crippen LogP contribution in [0.5, 0.6) is 5.75 Å². The van der Waals surface area contributed by atoms with E-state index in [1.807, 2.05) is 60.5 Å². The Morgan fingerprint density at radius 3 is 2.81 bits per heavy atom. The number of carbonyl (C=O) groups is 1. The maximum Gasteiger partial charge on any atom is 0.276 e. The molecule has 0 N–H and O–H groups in total. The van der Waals surface area contributed by atoms with Crippen LogP contribution < -0.4 is 4.74 Å². The fourth-order valence-electron chi connectivity index (χ4n) is 4.30. The number of piperidine rings is 1. The number of amides is 1. The van der Waals surface area contributed by atoms with Gasteiger partial charge in [-0.15, -0.1) is 0 Å². The Morgan fingerprint density at radius 1 is 1.23 bits per heavy atom. The molecule has 164 valence electrons. The Kier molecular flexibility index (Phi) is 6.46. The van der Waals surface area contributed by atoms with E-state index in [1.165, 1.54) is 0 Å². The molecule has 3 aromatic heterocycles. The largest absolute Gasteiger partial charge is 0.491 e. The number of nitrogens with zero attached hydrogens (tertiary/aromatic N) is 4. The van der Waals surface area contributed by atoms with Gasteiger partial charge in [-0.3, -0.25) is 9.20 Å². The van der Waals surface area contributed by atoms with Crippen molar-refractivity contribution in [3.8, 4) is 5.75 Å². The van der Waals surface area contributed by atoms with Crippen LogP contribution in [0.1, 0.15) is 60.5 Å². The number of hydrogen-bond acceptors (Lipinski definition) is 4. The van der Waals surface area contributed by atoms with Gasteiger partial charge in [-0.05, 0) is 63.3 Å². The summed E-state index contributed by atoms with van der Waals surface area (Å²) in [6, 6.07) is 7.82. The number of aromatic nitrogens is 3. The van der Waals surface area contributed by atoms with E-state index >= 15 is 0 Å². The quantitative estimate of drug-likeness (QED) is 0.547. The van der Waals surface area contributed by atoms with Gasteiger partial charge < -0.3 is 9.64 Å². The molecule has 1 saturated heterocycles. The molecule has 7 heteroatoms. The number of carbonyl (C=O) groups excluding carboxylic acids is 1. The molecule has 1 amide bonds. The highest BCUT2D eigenvalue weighted by Crippen LogP contribution is 2.29. The average molecular weight is 441 g/mol. The second kappa shape index (κ2) is 9.27. The highest BCUT2D eigenvalue weighted by Gasteiger charge is 2.31. The van der Waals surface area contributed by atoms with Gasteiger partial charge in [0.15, 0.2) is 11.4 Å². The smallest absolute Gasteiger partial charge is 0.276 e. The molecule has 0 aliphatic carbocycles. The van der Waals surface area contributed by atoms with Crippen LogP contribution in [0.4, 0.5) is 0 Å². The Hall–Kier alpha value is -2.60. The molecule has 4 heterocycles. The Balaban J connectivity index is 1.65. The van der Waals surface area contributed by atoms with Crippen LogP contribution in [0.3, 0.4) is 0 Å². The van der Waals surface area contributed by atoms with Gasteiger partial charge in [-0.1, -0.05) is 24.6 Å². The molecule has 1 aliphatic heterocycles. The van der Waals surface area contributed by atoms with Gasteiger partial charge in [0.1, 0.15) is 10.8 Å². The molecule has 1 fully saturated rings. The van der Waals surface area contributed by atoms with Crippen molar-refractivity contribution in [1.29, 1.82) is 0 Å². The van der Waals surface area contributed by atoms with Crippen LogP contribution in [0.15, 0.2) is 30.5 Å². The molecule has 6 nitrogen and oxygen atoms in total. The van der Waals surface area contributed by atoms with E-state index in [1.54, 1.807) is 0 Å².